The fourth-order valence-electron chi connectivity index (χ4n) is 2.57. The molecular weight excluding hydrogens is 270 g/mol. The first-order valence-electron chi connectivity index (χ1n) is 7.61. The highest BCUT2D eigenvalue weighted by atomic mass is 16.6. The number of carbonyl (C=O) groups is 1. The van der Waals surface area contributed by atoms with E-state index in [1.807, 2.05) is 29.9 Å². The van der Waals surface area contributed by atoms with Gasteiger partial charge in [0.05, 0.1) is 11.7 Å². The number of carbonyl (C=O) groups excluding carboxylic acids is 1. The van der Waals surface area contributed by atoms with Crippen molar-refractivity contribution in [2.24, 2.45) is 0 Å². The lowest BCUT2D eigenvalue weighted by atomic mass is 10.2. The molecule has 116 valence electrons. The van der Waals surface area contributed by atoms with Crippen molar-refractivity contribution in [3.8, 4) is 0 Å². The van der Waals surface area contributed by atoms with E-state index in [9.17, 15) is 4.79 Å². The van der Waals surface area contributed by atoms with E-state index in [1.165, 1.54) is 12.8 Å². The molecule has 21 heavy (non-hydrogen) atoms. The van der Waals surface area contributed by atoms with Gasteiger partial charge in [-0.05, 0) is 33.4 Å². The number of amides is 1. The Balaban J connectivity index is 1.48. The van der Waals surface area contributed by atoms with Crippen LogP contribution in [0.4, 0.5) is 4.79 Å². The summed E-state index contributed by atoms with van der Waals surface area (Å²) in [6.07, 6.45) is 5.20. The summed E-state index contributed by atoms with van der Waals surface area (Å²) in [6, 6.07) is 0.228. The summed E-state index contributed by atoms with van der Waals surface area (Å²) in [5.74, 6) is 0.618. The second-order valence-electron chi connectivity index (χ2n) is 6.20. The summed E-state index contributed by atoms with van der Waals surface area (Å²) in [6.45, 7) is 2.57. The molecule has 1 saturated carbocycles. The lowest BCUT2D eigenvalue weighted by molar-refractivity contribution is 0.102. The number of ether oxygens (including phenoxy) is 1. The Morgan fingerprint density at radius 3 is 2.95 bits per heavy atom. The van der Waals surface area contributed by atoms with Gasteiger partial charge in [0.2, 0.25) is 0 Å². The summed E-state index contributed by atoms with van der Waals surface area (Å²) in [7, 11) is 3.92. The maximum Gasteiger partial charge on any atom is 0.409 e. The number of aromatic nitrogens is 3. The van der Waals surface area contributed by atoms with Gasteiger partial charge in [-0.1, -0.05) is 5.21 Å². The molecule has 1 aliphatic carbocycles. The zero-order valence-corrected chi connectivity index (χ0v) is 12.7. The average molecular weight is 293 g/mol. The third-order valence-corrected chi connectivity index (χ3v) is 4.08. The molecule has 1 unspecified atom stereocenters. The van der Waals surface area contributed by atoms with Gasteiger partial charge in [0, 0.05) is 31.7 Å². The van der Waals surface area contributed by atoms with Crippen molar-refractivity contribution in [1.82, 2.24) is 24.8 Å². The molecule has 1 aliphatic heterocycles. The van der Waals surface area contributed by atoms with Crippen molar-refractivity contribution in [1.29, 1.82) is 0 Å². The van der Waals surface area contributed by atoms with Crippen molar-refractivity contribution >= 4 is 6.09 Å². The van der Waals surface area contributed by atoms with E-state index in [1.54, 1.807) is 4.90 Å². The smallest absolute Gasteiger partial charge is 0.409 e. The topological polar surface area (TPSA) is 63.5 Å². The zero-order chi connectivity index (χ0) is 14.8. The number of nitrogens with zero attached hydrogens (tertiary/aromatic N) is 5. The van der Waals surface area contributed by atoms with E-state index >= 15 is 0 Å². The van der Waals surface area contributed by atoms with Crippen LogP contribution in [0.15, 0.2) is 6.20 Å². The molecule has 1 saturated heterocycles. The minimum absolute atomic E-state index is 0.220. The molecule has 0 spiro atoms. The second-order valence-corrected chi connectivity index (χ2v) is 6.20. The lowest BCUT2D eigenvalue weighted by Gasteiger charge is -2.17. The Hall–Kier alpha value is -1.63. The standard InChI is InChI=1S/C14H23N5O2/c1-17(2)7-8-21-14(20)18-6-5-12(9-18)19-10-13(15-16-19)11-3-4-11/h10-12H,3-9H2,1-2H3. The molecule has 0 radical (unpaired) electrons. The SMILES string of the molecule is CN(C)CCOC(=O)N1CCC(n2cc(C3CC3)nn2)C1. The highest BCUT2D eigenvalue weighted by Crippen LogP contribution is 2.39. The summed E-state index contributed by atoms with van der Waals surface area (Å²) in [5.41, 5.74) is 1.10. The van der Waals surface area contributed by atoms with Crippen molar-refractivity contribution in [3.63, 3.8) is 0 Å². The van der Waals surface area contributed by atoms with Crippen LogP contribution in [0.25, 0.3) is 0 Å². The third-order valence-electron chi connectivity index (χ3n) is 4.08. The molecule has 1 amide bonds. The minimum Gasteiger partial charge on any atom is -0.448 e. The van der Waals surface area contributed by atoms with Crippen LogP contribution in [0.3, 0.4) is 0 Å². The molecular formula is C14H23N5O2. The molecule has 0 N–H and O–H groups in total. The first-order chi connectivity index (χ1) is 10.1. The number of rotatable bonds is 5. The van der Waals surface area contributed by atoms with E-state index in [0.717, 1.165) is 25.2 Å². The number of hydrogen-bond donors (Lipinski definition) is 0. The summed E-state index contributed by atoms with van der Waals surface area (Å²) in [4.78, 5) is 15.7. The Morgan fingerprint density at radius 1 is 1.43 bits per heavy atom. The molecule has 3 rings (SSSR count). The van der Waals surface area contributed by atoms with E-state index in [2.05, 4.69) is 10.3 Å². The van der Waals surface area contributed by atoms with Crippen LogP contribution in [0.2, 0.25) is 0 Å². The minimum atomic E-state index is -0.220. The Morgan fingerprint density at radius 2 is 2.24 bits per heavy atom. The largest absolute Gasteiger partial charge is 0.448 e. The summed E-state index contributed by atoms with van der Waals surface area (Å²) >= 11 is 0. The van der Waals surface area contributed by atoms with Crippen LogP contribution >= 0.6 is 0 Å². The fourth-order valence-corrected chi connectivity index (χ4v) is 2.57. The van der Waals surface area contributed by atoms with Crippen molar-refractivity contribution in [2.45, 2.75) is 31.2 Å². The predicted molar refractivity (Wildman–Crippen MR) is 77.1 cm³/mol. The van der Waals surface area contributed by atoms with Crippen LogP contribution < -0.4 is 0 Å². The first-order valence-corrected chi connectivity index (χ1v) is 7.61. The normalized spacial score (nSPS) is 22.0. The lowest BCUT2D eigenvalue weighted by Crippen LogP contribution is -2.31. The molecule has 0 aromatic carbocycles. The van der Waals surface area contributed by atoms with E-state index in [0.29, 0.717) is 19.1 Å². The third kappa shape index (κ3) is 3.53. The van der Waals surface area contributed by atoms with Crippen LogP contribution in [0.5, 0.6) is 0 Å². The van der Waals surface area contributed by atoms with Crippen molar-refractivity contribution in [2.75, 3.05) is 40.3 Å². The highest BCUT2D eigenvalue weighted by molar-refractivity contribution is 5.68. The van der Waals surface area contributed by atoms with E-state index in [-0.39, 0.29) is 12.1 Å². The first kappa shape index (κ1) is 14.3. The van der Waals surface area contributed by atoms with Crippen LogP contribution in [-0.2, 0) is 4.74 Å². The molecule has 2 aliphatic rings. The van der Waals surface area contributed by atoms with Gasteiger partial charge in [-0.15, -0.1) is 5.10 Å². The average Bonchev–Trinajstić information content (AvgIpc) is 3.00. The van der Waals surface area contributed by atoms with E-state index < -0.39 is 0 Å². The van der Waals surface area contributed by atoms with Crippen molar-refractivity contribution < 1.29 is 9.53 Å². The maximum atomic E-state index is 12.0. The van der Waals surface area contributed by atoms with Gasteiger partial charge in [-0.25, -0.2) is 9.48 Å². The van der Waals surface area contributed by atoms with Gasteiger partial charge in [0.1, 0.15) is 6.61 Å². The van der Waals surface area contributed by atoms with Crippen molar-refractivity contribution in [3.05, 3.63) is 11.9 Å². The molecule has 0 bridgehead atoms. The Labute approximate surface area is 124 Å². The highest BCUT2D eigenvalue weighted by Gasteiger charge is 2.31. The van der Waals surface area contributed by atoms with E-state index in [4.69, 9.17) is 4.74 Å². The van der Waals surface area contributed by atoms with Crippen LogP contribution in [0, 0.1) is 0 Å². The maximum absolute atomic E-state index is 12.0. The van der Waals surface area contributed by atoms with Gasteiger partial charge >= 0.3 is 6.09 Å². The molecule has 1 aromatic heterocycles. The Kier molecular flexibility index (Phi) is 4.10. The molecule has 2 fully saturated rings. The van der Waals surface area contributed by atoms with Gasteiger partial charge in [-0.2, -0.15) is 0 Å². The molecule has 7 nitrogen and oxygen atoms in total. The molecule has 7 heteroatoms. The van der Waals surface area contributed by atoms with Gasteiger partial charge in [-0.3, -0.25) is 0 Å². The summed E-state index contributed by atoms with van der Waals surface area (Å²) < 4.78 is 7.19. The Bertz CT molecular complexity index is 497. The number of likely N-dealkylation sites (tertiary alicyclic amines) is 1. The van der Waals surface area contributed by atoms with Gasteiger partial charge < -0.3 is 14.5 Å². The van der Waals surface area contributed by atoms with Gasteiger partial charge in [0.25, 0.3) is 0 Å². The molecule has 2 heterocycles. The fraction of sp³-hybridized carbons (Fsp3) is 0.786. The summed E-state index contributed by atoms with van der Waals surface area (Å²) in [5, 5.41) is 8.45. The van der Waals surface area contributed by atoms with Crippen LogP contribution in [-0.4, -0.2) is 71.2 Å². The number of hydrogen-bond acceptors (Lipinski definition) is 5. The van der Waals surface area contributed by atoms with Crippen LogP contribution in [0.1, 0.15) is 36.9 Å². The van der Waals surface area contributed by atoms with Gasteiger partial charge in [0.15, 0.2) is 0 Å². The predicted octanol–water partition coefficient (Wildman–Crippen LogP) is 1.10. The number of likely N-dealkylation sites (N-methyl/N-ethyl adjacent to an activating group) is 1. The second kappa shape index (κ2) is 6.01. The molecule has 1 aromatic rings. The quantitative estimate of drug-likeness (QED) is 0.813. The zero-order valence-electron chi connectivity index (χ0n) is 12.7. The molecule has 1 atom stereocenters. The monoisotopic (exact) mass is 293 g/mol.